The number of rotatable bonds is 6. The number of hydrogen-bond donors (Lipinski definition) is 0. The molecular formula is C20H21NO2S2. The van der Waals surface area contributed by atoms with Gasteiger partial charge in [0.05, 0.1) is 19.9 Å². The van der Waals surface area contributed by atoms with Crippen molar-refractivity contribution in [1.82, 2.24) is 4.98 Å². The van der Waals surface area contributed by atoms with Gasteiger partial charge in [-0.3, -0.25) is 0 Å². The Morgan fingerprint density at radius 1 is 1.00 bits per heavy atom. The standard InChI is InChI=1S/C20H21NO2S2/c1-13-6-5-7-14(2)19(13)24-11-16-12-25-20(21-16)15-8-9-17(22-3)18(10-15)23-4/h5-10,12H,11H2,1-4H3. The molecule has 3 rings (SSSR count). The summed E-state index contributed by atoms with van der Waals surface area (Å²) in [6.45, 7) is 4.32. The van der Waals surface area contributed by atoms with Gasteiger partial charge in [-0.15, -0.1) is 23.1 Å². The van der Waals surface area contributed by atoms with Crippen LogP contribution in [0.15, 0.2) is 46.7 Å². The first-order chi connectivity index (χ1) is 12.1. The molecule has 1 heterocycles. The minimum absolute atomic E-state index is 0.724. The lowest BCUT2D eigenvalue weighted by Gasteiger charge is -2.08. The van der Waals surface area contributed by atoms with Gasteiger partial charge in [-0.2, -0.15) is 0 Å². The summed E-state index contributed by atoms with van der Waals surface area (Å²) in [6, 6.07) is 12.3. The van der Waals surface area contributed by atoms with E-state index in [1.807, 2.05) is 30.0 Å². The van der Waals surface area contributed by atoms with Gasteiger partial charge in [-0.1, -0.05) is 18.2 Å². The Labute approximate surface area is 157 Å². The van der Waals surface area contributed by atoms with E-state index in [1.54, 1.807) is 25.6 Å². The molecule has 0 aliphatic rings. The van der Waals surface area contributed by atoms with Crippen molar-refractivity contribution in [1.29, 1.82) is 0 Å². The van der Waals surface area contributed by atoms with Crippen molar-refractivity contribution in [3.8, 4) is 22.1 Å². The molecule has 0 unspecified atom stereocenters. The van der Waals surface area contributed by atoms with Gasteiger partial charge < -0.3 is 9.47 Å². The van der Waals surface area contributed by atoms with Crippen LogP contribution in [-0.2, 0) is 5.75 Å². The lowest BCUT2D eigenvalue weighted by Crippen LogP contribution is -1.91. The Hall–Kier alpha value is -1.98. The summed E-state index contributed by atoms with van der Waals surface area (Å²) in [5.74, 6) is 2.32. The number of hydrogen-bond acceptors (Lipinski definition) is 5. The Morgan fingerprint density at radius 3 is 2.40 bits per heavy atom. The van der Waals surface area contributed by atoms with Gasteiger partial charge in [-0.05, 0) is 43.2 Å². The first-order valence-electron chi connectivity index (χ1n) is 7.98. The molecule has 25 heavy (non-hydrogen) atoms. The maximum Gasteiger partial charge on any atom is 0.161 e. The van der Waals surface area contributed by atoms with Crippen LogP contribution in [-0.4, -0.2) is 19.2 Å². The molecule has 0 N–H and O–H groups in total. The normalized spacial score (nSPS) is 10.7. The molecule has 0 aliphatic heterocycles. The molecule has 0 atom stereocenters. The van der Waals surface area contributed by atoms with Crippen molar-refractivity contribution in [3.63, 3.8) is 0 Å². The fraction of sp³-hybridized carbons (Fsp3) is 0.250. The van der Waals surface area contributed by atoms with Crippen LogP contribution >= 0.6 is 23.1 Å². The van der Waals surface area contributed by atoms with E-state index in [-0.39, 0.29) is 0 Å². The van der Waals surface area contributed by atoms with Crippen LogP contribution in [0.5, 0.6) is 11.5 Å². The zero-order chi connectivity index (χ0) is 17.8. The van der Waals surface area contributed by atoms with Gasteiger partial charge >= 0.3 is 0 Å². The second-order valence-electron chi connectivity index (χ2n) is 5.72. The van der Waals surface area contributed by atoms with E-state index < -0.39 is 0 Å². The molecule has 0 spiro atoms. The fourth-order valence-electron chi connectivity index (χ4n) is 2.65. The van der Waals surface area contributed by atoms with Crippen molar-refractivity contribution < 1.29 is 9.47 Å². The van der Waals surface area contributed by atoms with Gasteiger partial charge in [0.2, 0.25) is 0 Å². The highest BCUT2D eigenvalue weighted by Crippen LogP contribution is 2.35. The molecule has 2 aromatic carbocycles. The topological polar surface area (TPSA) is 31.4 Å². The number of thiazole rings is 1. The van der Waals surface area contributed by atoms with Crippen LogP contribution in [0.4, 0.5) is 0 Å². The van der Waals surface area contributed by atoms with Gasteiger partial charge in [0.1, 0.15) is 5.01 Å². The smallest absolute Gasteiger partial charge is 0.161 e. The fourth-order valence-corrected chi connectivity index (χ4v) is 4.60. The number of thioether (sulfide) groups is 1. The predicted octanol–water partition coefficient (Wildman–Crippen LogP) is 5.74. The van der Waals surface area contributed by atoms with Gasteiger partial charge in [-0.25, -0.2) is 4.98 Å². The van der Waals surface area contributed by atoms with E-state index in [4.69, 9.17) is 14.5 Å². The number of methoxy groups -OCH3 is 2. The SMILES string of the molecule is COc1ccc(-c2nc(CSc3c(C)cccc3C)cs2)cc1OC. The van der Waals surface area contributed by atoms with Crippen molar-refractivity contribution in [2.45, 2.75) is 24.5 Å². The van der Waals surface area contributed by atoms with Crippen LogP contribution < -0.4 is 9.47 Å². The average molecular weight is 372 g/mol. The molecule has 0 amide bonds. The van der Waals surface area contributed by atoms with E-state index in [9.17, 15) is 0 Å². The van der Waals surface area contributed by atoms with Gasteiger partial charge in [0, 0.05) is 21.6 Å². The third-order valence-electron chi connectivity index (χ3n) is 3.96. The molecule has 0 radical (unpaired) electrons. The van der Waals surface area contributed by atoms with E-state index in [0.29, 0.717) is 0 Å². The number of nitrogens with zero attached hydrogens (tertiary/aromatic N) is 1. The summed E-state index contributed by atoms with van der Waals surface area (Å²) in [5, 5.41) is 3.13. The summed E-state index contributed by atoms with van der Waals surface area (Å²) in [7, 11) is 3.29. The van der Waals surface area contributed by atoms with E-state index in [2.05, 4.69) is 37.4 Å². The highest BCUT2D eigenvalue weighted by atomic mass is 32.2. The molecule has 0 aliphatic carbocycles. The predicted molar refractivity (Wildman–Crippen MR) is 106 cm³/mol. The van der Waals surface area contributed by atoms with E-state index in [0.717, 1.165) is 33.5 Å². The van der Waals surface area contributed by atoms with Crippen molar-refractivity contribution >= 4 is 23.1 Å². The molecule has 130 valence electrons. The van der Waals surface area contributed by atoms with Crippen LogP contribution in [0.1, 0.15) is 16.8 Å². The molecule has 3 nitrogen and oxygen atoms in total. The van der Waals surface area contributed by atoms with Crippen LogP contribution in [0, 0.1) is 13.8 Å². The van der Waals surface area contributed by atoms with E-state index in [1.165, 1.54) is 16.0 Å². The molecule has 1 aromatic heterocycles. The highest BCUT2D eigenvalue weighted by Gasteiger charge is 2.11. The minimum Gasteiger partial charge on any atom is -0.493 e. The maximum absolute atomic E-state index is 5.38. The maximum atomic E-state index is 5.38. The second-order valence-corrected chi connectivity index (χ2v) is 7.57. The Kier molecular flexibility index (Phi) is 5.66. The molecule has 0 fully saturated rings. The lowest BCUT2D eigenvalue weighted by molar-refractivity contribution is 0.355. The number of aryl methyl sites for hydroxylation is 2. The van der Waals surface area contributed by atoms with Crippen LogP contribution in [0.3, 0.4) is 0 Å². The largest absolute Gasteiger partial charge is 0.493 e. The van der Waals surface area contributed by atoms with Crippen molar-refractivity contribution in [2.75, 3.05) is 14.2 Å². The highest BCUT2D eigenvalue weighted by molar-refractivity contribution is 7.98. The molecular weight excluding hydrogens is 350 g/mol. The number of benzene rings is 2. The Morgan fingerprint density at radius 2 is 1.72 bits per heavy atom. The molecule has 3 aromatic rings. The average Bonchev–Trinajstić information content (AvgIpc) is 3.09. The van der Waals surface area contributed by atoms with Crippen LogP contribution in [0.25, 0.3) is 10.6 Å². The zero-order valence-corrected chi connectivity index (χ0v) is 16.5. The molecule has 5 heteroatoms. The number of aromatic nitrogens is 1. The quantitative estimate of drug-likeness (QED) is 0.517. The third-order valence-corrected chi connectivity index (χ3v) is 6.27. The van der Waals surface area contributed by atoms with Crippen molar-refractivity contribution in [3.05, 3.63) is 58.6 Å². The first kappa shape index (κ1) is 17.8. The monoisotopic (exact) mass is 371 g/mol. The van der Waals surface area contributed by atoms with Gasteiger partial charge in [0.25, 0.3) is 0 Å². The third kappa shape index (κ3) is 3.99. The summed E-state index contributed by atoms with van der Waals surface area (Å²) in [5.41, 5.74) is 4.79. The van der Waals surface area contributed by atoms with Crippen LogP contribution in [0.2, 0.25) is 0 Å². The zero-order valence-electron chi connectivity index (χ0n) is 14.8. The summed E-state index contributed by atoms with van der Waals surface area (Å²) in [6.07, 6.45) is 0. The minimum atomic E-state index is 0.724. The number of ether oxygens (including phenoxy) is 2. The van der Waals surface area contributed by atoms with Crippen molar-refractivity contribution in [2.24, 2.45) is 0 Å². The second kappa shape index (κ2) is 7.93. The lowest BCUT2D eigenvalue weighted by atomic mass is 10.2. The Bertz CT molecular complexity index is 854. The summed E-state index contributed by atoms with van der Waals surface area (Å²) >= 11 is 3.51. The summed E-state index contributed by atoms with van der Waals surface area (Å²) in [4.78, 5) is 6.14. The molecule has 0 saturated heterocycles. The first-order valence-corrected chi connectivity index (χ1v) is 9.84. The van der Waals surface area contributed by atoms with Gasteiger partial charge in [0.15, 0.2) is 11.5 Å². The molecule has 0 bridgehead atoms. The summed E-state index contributed by atoms with van der Waals surface area (Å²) < 4.78 is 10.7. The Balaban J connectivity index is 1.77. The molecule has 0 saturated carbocycles. The van der Waals surface area contributed by atoms with E-state index >= 15 is 0 Å².